The van der Waals surface area contributed by atoms with Crippen LogP contribution in [0.25, 0.3) is 22.8 Å². The number of thioether (sulfide) groups is 1. The van der Waals surface area contributed by atoms with Gasteiger partial charge in [0.05, 0.1) is 11.1 Å². The van der Waals surface area contributed by atoms with Crippen molar-refractivity contribution in [3.8, 4) is 11.1 Å². The van der Waals surface area contributed by atoms with E-state index in [2.05, 4.69) is 121 Å². The molecule has 4 aromatic rings. The van der Waals surface area contributed by atoms with Crippen molar-refractivity contribution in [1.29, 1.82) is 0 Å². The first-order chi connectivity index (χ1) is 17.7. The van der Waals surface area contributed by atoms with Crippen molar-refractivity contribution in [1.82, 2.24) is 4.98 Å². The Bertz CT molecular complexity index is 1560. The van der Waals surface area contributed by atoms with E-state index in [1.54, 1.807) is 18.0 Å². The second kappa shape index (κ2) is 9.14. The molecule has 0 saturated heterocycles. The van der Waals surface area contributed by atoms with Crippen LogP contribution in [0, 0.1) is 0 Å². The summed E-state index contributed by atoms with van der Waals surface area (Å²) in [5.41, 5.74) is 9.91. The van der Waals surface area contributed by atoms with Crippen LogP contribution in [0.2, 0.25) is 0 Å². The summed E-state index contributed by atoms with van der Waals surface area (Å²) in [4.78, 5) is 5.82. The first-order valence-electron chi connectivity index (χ1n) is 12.0. The number of rotatable bonds is 3. The number of aromatic nitrogens is 1. The van der Waals surface area contributed by atoms with Gasteiger partial charge in [-0.1, -0.05) is 128 Å². The van der Waals surface area contributed by atoms with Crippen LogP contribution in [-0.4, -0.2) is 4.98 Å². The Labute approximate surface area is 217 Å². The average molecular weight is 480 g/mol. The molecule has 1 aliphatic carbocycles. The van der Waals surface area contributed by atoms with Crippen LogP contribution < -0.4 is 0 Å². The Balaban J connectivity index is 1.54. The smallest absolute Gasteiger partial charge is 0.0774 e. The van der Waals surface area contributed by atoms with Crippen LogP contribution in [0.5, 0.6) is 0 Å². The van der Waals surface area contributed by atoms with E-state index in [-0.39, 0.29) is 5.41 Å². The lowest BCUT2D eigenvalue weighted by atomic mass is 9.72. The molecule has 0 radical (unpaired) electrons. The van der Waals surface area contributed by atoms with Gasteiger partial charge in [-0.3, -0.25) is 4.98 Å². The fourth-order valence-electron chi connectivity index (χ4n) is 5.39. The van der Waals surface area contributed by atoms with Crippen LogP contribution in [0.3, 0.4) is 0 Å². The minimum Gasteiger partial charge on any atom is -0.256 e. The summed E-state index contributed by atoms with van der Waals surface area (Å²) in [5, 5.41) is 2.19. The maximum Gasteiger partial charge on any atom is 0.0774 e. The molecule has 3 aromatic carbocycles. The lowest BCUT2D eigenvalue weighted by Crippen LogP contribution is -2.25. The third-order valence-electron chi connectivity index (χ3n) is 7.05. The Hall–Kier alpha value is -4.14. The summed E-state index contributed by atoms with van der Waals surface area (Å²) in [5.74, 6) is 0. The van der Waals surface area contributed by atoms with Crippen molar-refractivity contribution in [3.05, 3.63) is 168 Å². The predicted molar refractivity (Wildman–Crippen MR) is 154 cm³/mol. The van der Waals surface area contributed by atoms with Gasteiger partial charge in [0.2, 0.25) is 0 Å². The SMILES string of the molecule is C=Cc1cccnc1C(=C)C1=C\Sc2ccccc2C2(/C=C/C=C\1)c1ccccc1-c1ccccc12. The molecule has 2 heteroatoms. The molecule has 0 N–H and O–H groups in total. The molecule has 0 unspecified atom stereocenters. The van der Waals surface area contributed by atoms with Gasteiger partial charge < -0.3 is 0 Å². The summed E-state index contributed by atoms with van der Waals surface area (Å²) < 4.78 is 0. The molecule has 0 amide bonds. The van der Waals surface area contributed by atoms with E-state index in [4.69, 9.17) is 0 Å². The minimum atomic E-state index is -0.361. The Morgan fingerprint density at radius 3 is 2.17 bits per heavy atom. The van der Waals surface area contributed by atoms with Gasteiger partial charge >= 0.3 is 0 Å². The van der Waals surface area contributed by atoms with Gasteiger partial charge in [-0.2, -0.15) is 0 Å². The van der Waals surface area contributed by atoms with E-state index in [0.717, 1.165) is 22.4 Å². The number of fused-ring (bicyclic) bond motifs is 7. The van der Waals surface area contributed by atoms with Crippen molar-refractivity contribution in [2.24, 2.45) is 0 Å². The highest BCUT2D eigenvalue weighted by Gasteiger charge is 2.43. The van der Waals surface area contributed by atoms with E-state index in [0.29, 0.717) is 0 Å². The number of hydrogen-bond donors (Lipinski definition) is 0. The minimum absolute atomic E-state index is 0.361. The van der Waals surface area contributed by atoms with Crippen LogP contribution in [-0.2, 0) is 5.41 Å². The summed E-state index contributed by atoms with van der Waals surface area (Å²) in [6, 6.07) is 30.3. The fraction of sp³-hybridized carbons (Fsp3) is 0.0294. The second-order valence-electron chi connectivity index (χ2n) is 8.93. The third-order valence-corrected chi connectivity index (χ3v) is 8.03. The van der Waals surface area contributed by atoms with Gasteiger partial charge in [0, 0.05) is 22.2 Å². The number of benzene rings is 3. The van der Waals surface area contributed by atoms with Crippen LogP contribution >= 0.6 is 11.8 Å². The van der Waals surface area contributed by atoms with Gasteiger partial charge in [0.25, 0.3) is 0 Å². The summed E-state index contributed by atoms with van der Waals surface area (Å²) >= 11 is 1.74. The molecule has 2 aliphatic rings. The van der Waals surface area contributed by atoms with Gasteiger partial charge in [-0.15, -0.1) is 0 Å². The molecule has 2 heterocycles. The number of pyridine rings is 1. The molecule has 0 atom stereocenters. The first kappa shape index (κ1) is 22.3. The number of hydrogen-bond acceptors (Lipinski definition) is 2. The van der Waals surface area contributed by atoms with Gasteiger partial charge in [0.1, 0.15) is 0 Å². The monoisotopic (exact) mass is 479 g/mol. The average Bonchev–Trinajstić information content (AvgIpc) is 3.23. The highest BCUT2D eigenvalue weighted by atomic mass is 32.2. The molecule has 0 bridgehead atoms. The van der Waals surface area contributed by atoms with E-state index >= 15 is 0 Å². The largest absolute Gasteiger partial charge is 0.256 e. The lowest BCUT2D eigenvalue weighted by Gasteiger charge is -2.31. The first-order valence-corrected chi connectivity index (χ1v) is 12.9. The topological polar surface area (TPSA) is 12.9 Å². The van der Waals surface area contributed by atoms with Gasteiger partial charge in [-0.25, -0.2) is 0 Å². The van der Waals surface area contributed by atoms with E-state index in [9.17, 15) is 0 Å². The normalized spacial score (nSPS) is 18.2. The molecular formula is C34H25NS. The molecule has 1 spiro atoms. The van der Waals surface area contributed by atoms with Crippen LogP contribution in [0.4, 0.5) is 0 Å². The highest BCUT2D eigenvalue weighted by molar-refractivity contribution is 8.02. The van der Waals surface area contributed by atoms with Crippen LogP contribution in [0.1, 0.15) is 27.9 Å². The molecule has 0 saturated carbocycles. The molecule has 172 valence electrons. The standard InChI is InChI=1S/C34H25NS/c1-3-25-14-12-22-35-33(25)24(2)26-13-10-11-21-34(31-19-8-9-20-32(31)36-23-26)29-17-6-4-15-27(29)28-16-5-7-18-30(28)34/h3-23H,1-2H2/b13-10-,21-11+,26-23-. The van der Waals surface area contributed by atoms with Crippen molar-refractivity contribution in [3.63, 3.8) is 0 Å². The molecule has 0 fully saturated rings. The van der Waals surface area contributed by atoms with Crippen molar-refractivity contribution >= 4 is 23.4 Å². The third kappa shape index (κ3) is 3.45. The van der Waals surface area contributed by atoms with Crippen molar-refractivity contribution in [2.75, 3.05) is 0 Å². The van der Waals surface area contributed by atoms with Crippen molar-refractivity contribution < 1.29 is 0 Å². The maximum absolute atomic E-state index is 4.60. The Kier molecular flexibility index (Phi) is 5.67. The Morgan fingerprint density at radius 1 is 0.778 bits per heavy atom. The lowest BCUT2D eigenvalue weighted by molar-refractivity contribution is 0.783. The molecule has 1 nitrogen and oxygen atoms in total. The highest BCUT2D eigenvalue weighted by Crippen LogP contribution is 2.55. The zero-order valence-corrected chi connectivity index (χ0v) is 20.7. The van der Waals surface area contributed by atoms with Gasteiger partial charge in [-0.05, 0) is 50.9 Å². The van der Waals surface area contributed by atoms with E-state index in [1.807, 2.05) is 18.2 Å². The predicted octanol–water partition coefficient (Wildman–Crippen LogP) is 8.85. The van der Waals surface area contributed by atoms with E-state index < -0.39 is 0 Å². The molecule has 1 aromatic heterocycles. The summed E-state index contributed by atoms with van der Waals surface area (Å²) in [7, 11) is 0. The quantitative estimate of drug-likeness (QED) is 0.291. The van der Waals surface area contributed by atoms with E-state index in [1.165, 1.54) is 32.7 Å². The van der Waals surface area contributed by atoms with Crippen molar-refractivity contribution in [2.45, 2.75) is 10.3 Å². The number of allylic oxidation sites excluding steroid dienone is 6. The molecule has 6 rings (SSSR count). The molecular weight excluding hydrogens is 454 g/mol. The van der Waals surface area contributed by atoms with Gasteiger partial charge in [0.15, 0.2) is 0 Å². The number of nitrogens with zero attached hydrogens (tertiary/aromatic N) is 1. The molecule has 1 aliphatic heterocycles. The Morgan fingerprint density at radius 2 is 1.44 bits per heavy atom. The second-order valence-corrected chi connectivity index (χ2v) is 9.84. The summed E-state index contributed by atoms with van der Waals surface area (Å²) in [6.45, 7) is 8.36. The summed E-state index contributed by atoms with van der Waals surface area (Å²) in [6.07, 6.45) is 12.4. The zero-order chi connectivity index (χ0) is 24.5. The van der Waals surface area contributed by atoms with Crippen LogP contribution in [0.15, 0.2) is 144 Å². The molecule has 36 heavy (non-hydrogen) atoms. The maximum atomic E-state index is 4.60. The zero-order valence-electron chi connectivity index (χ0n) is 19.9. The fourth-order valence-corrected chi connectivity index (χ4v) is 6.38.